The second-order valence-electron chi connectivity index (χ2n) is 7.02. The maximum atomic E-state index is 12.6. The molecule has 1 saturated heterocycles. The van der Waals surface area contributed by atoms with Gasteiger partial charge < -0.3 is 9.32 Å². The Balaban J connectivity index is 2.24. The highest BCUT2D eigenvalue weighted by atomic mass is 32.2. The second-order valence-corrected chi connectivity index (χ2v) is 9.10. The standard InChI is InChI=1S/C15H24N2O4S/c1-10(2)13-15(3,4)9-17(13)14(18)11-7-8-12(21-11)22(19,20)16(5)6/h7-8,10,13H,9H2,1-6H3. The number of carbonyl (C=O) groups excluding carboxylic acids is 1. The van der Waals surface area contributed by atoms with E-state index in [1.54, 1.807) is 4.90 Å². The van der Waals surface area contributed by atoms with Gasteiger partial charge in [-0.15, -0.1) is 0 Å². The van der Waals surface area contributed by atoms with Crippen molar-refractivity contribution in [2.24, 2.45) is 11.3 Å². The van der Waals surface area contributed by atoms with E-state index in [4.69, 9.17) is 4.42 Å². The molecular weight excluding hydrogens is 304 g/mol. The number of hydrogen-bond donors (Lipinski definition) is 0. The number of rotatable bonds is 4. The first-order valence-corrected chi connectivity index (χ1v) is 8.76. The van der Waals surface area contributed by atoms with Crippen LogP contribution in [0.25, 0.3) is 0 Å². The van der Waals surface area contributed by atoms with Crippen LogP contribution in [0.15, 0.2) is 21.6 Å². The molecule has 7 heteroatoms. The summed E-state index contributed by atoms with van der Waals surface area (Å²) in [5.41, 5.74) is 0.0644. The van der Waals surface area contributed by atoms with E-state index in [-0.39, 0.29) is 28.2 Å². The number of likely N-dealkylation sites (tertiary alicyclic amines) is 1. The Labute approximate surface area is 132 Å². The largest absolute Gasteiger partial charge is 0.438 e. The number of carbonyl (C=O) groups is 1. The van der Waals surface area contributed by atoms with Crippen molar-refractivity contribution in [3.63, 3.8) is 0 Å². The molecule has 0 radical (unpaired) electrons. The highest BCUT2D eigenvalue weighted by Gasteiger charge is 2.50. The van der Waals surface area contributed by atoms with Crippen molar-refractivity contribution in [1.29, 1.82) is 0 Å². The fraction of sp³-hybridized carbons (Fsp3) is 0.667. The van der Waals surface area contributed by atoms with Crippen molar-refractivity contribution >= 4 is 15.9 Å². The molecule has 124 valence electrons. The third-order valence-electron chi connectivity index (χ3n) is 4.13. The minimum absolute atomic E-state index is 0.0644. The summed E-state index contributed by atoms with van der Waals surface area (Å²) in [4.78, 5) is 14.3. The normalized spacial score (nSPS) is 21.3. The fourth-order valence-electron chi connectivity index (χ4n) is 3.30. The van der Waals surface area contributed by atoms with Gasteiger partial charge in [-0.1, -0.05) is 27.7 Å². The van der Waals surface area contributed by atoms with Gasteiger partial charge in [0.2, 0.25) is 5.09 Å². The Bertz CT molecular complexity index is 673. The summed E-state index contributed by atoms with van der Waals surface area (Å²) < 4.78 is 30.4. The predicted octanol–water partition coefficient (Wildman–Crippen LogP) is 2.04. The summed E-state index contributed by atoms with van der Waals surface area (Å²) in [6, 6.07) is 2.89. The zero-order valence-corrected chi connectivity index (χ0v) is 14.8. The molecule has 0 spiro atoms. The molecule has 1 unspecified atom stereocenters. The monoisotopic (exact) mass is 328 g/mol. The van der Waals surface area contributed by atoms with E-state index in [9.17, 15) is 13.2 Å². The van der Waals surface area contributed by atoms with Gasteiger partial charge in [0.1, 0.15) is 0 Å². The molecular formula is C15H24N2O4S. The molecule has 1 aromatic rings. The van der Waals surface area contributed by atoms with Crippen LogP contribution in [0.4, 0.5) is 0 Å². The van der Waals surface area contributed by atoms with Gasteiger partial charge in [-0.05, 0) is 18.1 Å². The van der Waals surface area contributed by atoms with Gasteiger partial charge in [-0.25, -0.2) is 12.7 Å². The van der Waals surface area contributed by atoms with Crippen molar-refractivity contribution in [2.45, 2.75) is 38.8 Å². The molecule has 2 rings (SSSR count). The average molecular weight is 328 g/mol. The van der Waals surface area contributed by atoms with Crippen LogP contribution in [-0.4, -0.2) is 50.2 Å². The molecule has 0 bridgehead atoms. The van der Waals surface area contributed by atoms with Gasteiger partial charge in [0.25, 0.3) is 15.9 Å². The molecule has 6 nitrogen and oxygen atoms in total. The molecule has 1 fully saturated rings. The highest BCUT2D eigenvalue weighted by molar-refractivity contribution is 7.88. The van der Waals surface area contributed by atoms with Crippen molar-refractivity contribution in [3.8, 4) is 0 Å². The molecule has 1 aliphatic heterocycles. The summed E-state index contributed by atoms with van der Waals surface area (Å²) in [6.45, 7) is 9.06. The molecule has 1 atom stereocenters. The first-order valence-electron chi connectivity index (χ1n) is 7.32. The van der Waals surface area contributed by atoms with Crippen molar-refractivity contribution in [1.82, 2.24) is 9.21 Å². The molecule has 0 saturated carbocycles. The lowest BCUT2D eigenvalue weighted by Crippen LogP contribution is -2.65. The summed E-state index contributed by atoms with van der Waals surface area (Å²) >= 11 is 0. The summed E-state index contributed by atoms with van der Waals surface area (Å²) in [7, 11) is -0.815. The van der Waals surface area contributed by atoms with Crippen LogP contribution in [0.5, 0.6) is 0 Å². The Morgan fingerprint density at radius 3 is 2.41 bits per heavy atom. The number of nitrogens with zero attached hydrogens (tertiary/aromatic N) is 2. The molecule has 1 amide bonds. The fourth-order valence-corrected chi connectivity index (χ4v) is 4.09. The first kappa shape index (κ1) is 17.0. The molecule has 0 aliphatic carbocycles. The molecule has 1 aliphatic rings. The lowest BCUT2D eigenvalue weighted by atomic mass is 9.70. The van der Waals surface area contributed by atoms with Gasteiger partial charge in [-0.2, -0.15) is 0 Å². The molecule has 0 aromatic carbocycles. The van der Waals surface area contributed by atoms with Crippen LogP contribution < -0.4 is 0 Å². The topological polar surface area (TPSA) is 70.8 Å². The minimum Gasteiger partial charge on any atom is -0.438 e. The molecule has 22 heavy (non-hydrogen) atoms. The summed E-state index contributed by atoms with van der Waals surface area (Å²) in [5.74, 6) is 0.146. The highest BCUT2D eigenvalue weighted by Crippen LogP contribution is 2.42. The summed E-state index contributed by atoms with van der Waals surface area (Å²) in [5, 5.41) is -0.207. The third kappa shape index (κ3) is 2.67. The van der Waals surface area contributed by atoms with E-state index in [1.807, 2.05) is 0 Å². The third-order valence-corrected chi connectivity index (χ3v) is 5.82. The number of hydrogen-bond acceptors (Lipinski definition) is 4. The Kier molecular flexibility index (Phi) is 4.16. The van der Waals surface area contributed by atoms with Crippen LogP contribution in [0.1, 0.15) is 38.2 Å². The summed E-state index contributed by atoms with van der Waals surface area (Å²) in [6.07, 6.45) is 0. The predicted molar refractivity (Wildman–Crippen MR) is 83.0 cm³/mol. The Morgan fingerprint density at radius 1 is 1.36 bits per heavy atom. The van der Waals surface area contributed by atoms with E-state index in [1.165, 1.54) is 26.2 Å². The number of furan rings is 1. The van der Waals surface area contributed by atoms with E-state index >= 15 is 0 Å². The van der Waals surface area contributed by atoms with Crippen LogP contribution in [-0.2, 0) is 10.0 Å². The van der Waals surface area contributed by atoms with Crippen LogP contribution in [0, 0.1) is 11.3 Å². The zero-order valence-electron chi connectivity index (χ0n) is 14.0. The SMILES string of the molecule is CC(C)C1N(C(=O)c2ccc(S(=O)(=O)N(C)C)o2)CC1(C)C. The maximum Gasteiger partial charge on any atom is 0.289 e. The van der Waals surface area contributed by atoms with Crippen molar-refractivity contribution in [3.05, 3.63) is 17.9 Å². The second kappa shape index (κ2) is 5.38. The van der Waals surface area contributed by atoms with Gasteiger partial charge in [0, 0.05) is 32.1 Å². The van der Waals surface area contributed by atoms with Gasteiger partial charge >= 0.3 is 0 Å². The number of sulfonamides is 1. The Hall–Kier alpha value is -1.34. The average Bonchev–Trinajstić information content (AvgIpc) is 2.84. The van der Waals surface area contributed by atoms with E-state index in [0.717, 1.165) is 4.31 Å². The van der Waals surface area contributed by atoms with Crippen LogP contribution >= 0.6 is 0 Å². The van der Waals surface area contributed by atoms with Crippen molar-refractivity contribution in [2.75, 3.05) is 20.6 Å². The van der Waals surface area contributed by atoms with Gasteiger partial charge in [0.15, 0.2) is 5.76 Å². The minimum atomic E-state index is -3.66. The number of amides is 1. The maximum absolute atomic E-state index is 12.6. The lowest BCUT2D eigenvalue weighted by Gasteiger charge is -2.56. The molecule has 2 heterocycles. The molecule has 0 N–H and O–H groups in total. The van der Waals surface area contributed by atoms with Crippen LogP contribution in [0.3, 0.4) is 0 Å². The van der Waals surface area contributed by atoms with Gasteiger partial charge in [-0.3, -0.25) is 4.79 Å². The van der Waals surface area contributed by atoms with Gasteiger partial charge in [0.05, 0.1) is 0 Å². The van der Waals surface area contributed by atoms with E-state index in [2.05, 4.69) is 27.7 Å². The smallest absolute Gasteiger partial charge is 0.289 e. The first-order chi connectivity index (χ1) is 9.98. The van der Waals surface area contributed by atoms with E-state index < -0.39 is 10.0 Å². The zero-order chi connectivity index (χ0) is 16.9. The van der Waals surface area contributed by atoms with Crippen molar-refractivity contribution < 1.29 is 17.6 Å². The lowest BCUT2D eigenvalue weighted by molar-refractivity contribution is -0.0536. The quantitative estimate of drug-likeness (QED) is 0.848. The Morgan fingerprint density at radius 2 is 1.95 bits per heavy atom. The van der Waals surface area contributed by atoms with Crippen LogP contribution in [0.2, 0.25) is 0 Å². The molecule has 1 aromatic heterocycles. The van der Waals surface area contributed by atoms with E-state index in [0.29, 0.717) is 12.5 Å².